The van der Waals surface area contributed by atoms with Gasteiger partial charge in [-0.1, -0.05) is 18.2 Å². The molecule has 0 spiro atoms. The molecule has 196 valence electrons. The summed E-state index contributed by atoms with van der Waals surface area (Å²) in [5.74, 6) is 1.01. The van der Waals surface area contributed by atoms with Gasteiger partial charge in [-0.2, -0.15) is 0 Å². The minimum absolute atomic E-state index is 0.0782. The molecular weight excluding hydrogens is 462 g/mol. The summed E-state index contributed by atoms with van der Waals surface area (Å²) >= 11 is 0. The summed E-state index contributed by atoms with van der Waals surface area (Å²) in [5.41, 5.74) is 1.86. The predicted molar refractivity (Wildman–Crippen MR) is 138 cm³/mol. The summed E-state index contributed by atoms with van der Waals surface area (Å²) in [6.07, 6.45) is 0.450. The summed E-state index contributed by atoms with van der Waals surface area (Å²) in [6, 6.07) is 12.9. The number of carbonyl (C=O) groups excluding carboxylic acids is 3. The van der Waals surface area contributed by atoms with Crippen molar-refractivity contribution in [1.82, 2.24) is 10.6 Å². The lowest BCUT2D eigenvalue weighted by atomic mass is 10.1. The van der Waals surface area contributed by atoms with Gasteiger partial charge in [-0.25, -0.2) is 4.79 Å². The molecule has 0 aliphatic carbocycles. The van der Waals surface area contributed by atoms with E-state index >= 15 is 0 Å². The highest BCUT2D eigenvalue weighted by Gasteiger charge is 2.16. The molecule has 0 unspecified atom stereocenters. The van der Waals surface area contributed by atoms with Crippen LogP contribution in [0.5, 0.6) is 11.5 Å². The van der Waals surface area contributed by atoms with Gasteiger partial charge in [0.1, 0.15) is 5.60 Å². The third-order valence-electron chi connectivity index (χ3n) is 4.89. The molecule has 2 aromatic rings. The lowest BCUT2D eigenvalue weighted by Gasteiger charge is -2.19. The van der Waals surface area contributed by atoms with Crippen LogP contribution in [0.2, 0.25) is 0 Å². The van der Waals surface area contributed by atoms with Crippen molar-refractivity contribution in [3.63, 3.8) is 0 Å². The van der Waals surface area contributed by atoms with Gasteiger partial charge in [0.2, 0.25) is 11.8 Å². The van der Waals surface area contributed by atoms with Gasteiger partial charge in [-0.15, -0.1) is 0 Å². The number of ether oxygens (including phenoxy) is 3. The SMILES string of the molecule is CCOc1ccc(CCC(=O)NCc2cccc(NC(=O)CCNC(=O)OC(C)(C)C)c2)cc1OC. The van der Waals surface area contributed by atoms with Gasteiger partial charge < -0.3 is 30.2 Å². The molecule has 0 heterocycles. The Kier molecular flexibility index (Phi) is 11.1. The van der Waals surface area contributed by atoms with E-state index in [0.29, 0.717) is 43.2 Å². The Labute approximate surface area is 212 Å². The molecule has 0 aliphatic rings. The van der Waals surface area contributed by atoms with E-state index in [9.17, 15) is 14.4 Å². The number of rotatable bonds is 12. The fourth-order valence-electron chi connectivity index (χ4n) is 3.26. The quantitative estimate of drug-likeness (QED) is 0.403. The van der Waals surface area contributed by atoms with Crippen LogP contribution in [-0.2, 0) is 27.3 Å². The van der Waals surface area contributed by atoms with Crippen molar-refractivity contribution in [2.24, 2.45) is 0 Å². The van der Waals surface area contributed by atoms with Crippen molar-refractivity contribution in [3.8, 4) is 11.5 Å². The number of hydrogen-bond donors (Lipinski definition) is 3. The summed E-state index contributed by atoms with van der Waals surface area (Å²) in [7, 11) is 1.59. The van der Waals surface area contributed by atoms with E-state index in [-0.39, 0.29) is 24.8 Å². The number of nitrogens with one attached hydrogen (secondary N) is 3. The third kappa shape index (κ3) is 10.7. The maximum atomic E-state index is 12.4. The highest BCUT2D eigenvalue weighted by atomic mass is 16.6. The zero-order valence-corrected chi connectivity index (χ0v) is 21.7. The Balaban J connectivity index is 1.76. The van der Waals surface area contributed by atoms with E-state index < -0.39 is 11.7 Å². The second-order valence-electron chi connectivity index (χ2n) is 9.12. The van der Waals surface area contributed by atoms with Gasteiger partial charge in [0.05, 0.1) is 13.7 Å². The van der Waals surface area contributed by atoms with Crippen molar-refractivity contribution in [2.75, 3.05) is 25.6 Å². The summed E-state index contributed by atoms with van der Waals surface area (Å²) < 4.78 is 16.0. The topological polar surface area (TPSA) is 115 Å². The number of hydrogen-bond acceptors (Lipinski definition) is 6. The maximum absolute atomic E-state index is 12.4. The highest BCUT2D eigenvalue weighted by Crippen LogP contribution is 2.28. The molecule has 0 bridgehead atoms. The lowest BCUT2D eigenvalue weighted by molar-refractivity contribution is -0.121. The number of anilines is 1. The second kappa shape index (κ2) is 14.0. The fourth-order valence-corrected chi connectivity index (χ4v) is 3.26. The molecule has 0 radical (unpaired) electrons. The molecule has 0 atom stereocenters. The number of carbonyl (C=O) groups is 3. The zero-order chi connectivity index (χ0) is 26.6. The van der Waals surface area contributed by atoms with Crippen LogP contribution in [0.25, 0.3) is 0 Å². The van der Waals surface area contributed by atoms with Crippen LogP contribution in [0.1, 0.15) is 51.7 Å². The molecule has 0 aromatic heterocycles. The van der Waals surface area contributed by atoms with Crippen LogP contribution in [0.15, 0.2) is 42.5 Å². The third-order valence-corrected chi connectivity index (χ3v) is 4.89. The van der Waals surface area contributed by atoms with Crippen molar-refractivity contribution >= 4 is 23.6 Å². The fraction of sp³-hybridized carbons (Fsp3) is 0.444. The van der Waals surface area contributed by atoms with Crippen LogP contribution in [-0.4, -0.2) is 43.8 Å². The van der Waals surface area contributed by atoms with Crippen molar-refractivity contribution in [2.45, 2.75) is 59.1 Å². The summed E-state index contributed by atoms with van der Waals surface area (Å²) in [6.45, 7) is 8.28. The molecule has 0 saturated heterocycles. The molecule has 9 nitrogen and oxygen atoms in total. The standard InChI is InChI=1S/C27H37N3O6/c1-6-35-22-12-10-19(17-23(22)34-5)11-13-24(31)29-18-20-8-7-9-21(16-20)30-25(32)14-15-28-26(33)36-27(2,3)4/h7-10,12,16-17H,6,11,13-15,18H2,1-5H3,(H,28,33)(H,29,31)(H,30,32). The Morgan fingerprint density at radius 3 is 2.36 bits per heavy atom. The molecule has 2 aromatic carbocycles. The van der Waals surface area contributed by atoms with Crippen LogP contribution in [0.3, 0.4) is 0 Å². The van der Waals surface area contributed by atoms with E-state index in [0.717, 1.165) is 11.1 Å². The second-order valence-corrected chi connectivity index (χ2v) is 9.12. The highest BCUT2D eigenvalue weighted by molar-refractivity contribution is 5.91. The number of benzene rings is 2. The van der Waals surface area contributed by atoms with Gasteiger partial charge in [-0.3, -0.25) is 9.59 Å². The molecule has 36 heavy (non-hydrogen) atoms. The van der Waals surface area contributed by atoms with Gasteiger partial charge in [0.25, 0.3) is 0 Å². The Morgan fingerprint density at radius 2 is 1.67 bits per heavy atom. The Bertz CT molecular complexity index is 1030. The molecule has 3 N–H and O–H groups in total. The molecule has 2 rings (SSSR count). The molecule has 3 amide bonds. The predicted octanol–water partition coefficient (Wildman–Crippen LogP) is 4.20. The first kappa shape index (κ1) is 28.5. The van der Waals surface area contributed by atoms with E-state index in [4.69, 9.17) is 14.2 Å². The van der Waals surface area contributed by atoms with E-state index in [1.165, 1.54) is 0 Å². The smallest absolute Gasteiger partial charge is 0.407 e. The van der Waals surface area contributed by atoms with Gasteiger partial charge in [-0.05, 0) is 69.5 Å². The first-order chi connectivity index (χ1) is 17.1. The van der Waals surface area contributed by atoms with E-state index in [1.54, 1.807) is 40.0 Å². The zero-order valence-electron chi connectivity index (χ0n) is 21.7. The maximum Gasteiger partial charge on any atom is 0.407 e. The number of methoxy groups -OCH3 is 1. The molecular formula is C27H37N3O6. The van der Waals surface area contributed by atoms with Gasteiger partial charge >= 0.3 is 6.09 Å². The van der Waals surface area contributed by atoms with Gasteiger partial charge in [0.15, 0.2) is 11.5 Å². The minimum Gasteiger partial charge on any atom is -0.493 e. The number of amides is 3. The Hall–Kier alpha value is -3.75. The van der Waals surface area contributed by atoms with Crippen LogP contribution < -0.4 is 25.4 Å². The minimum atomic E-state index is -0.592. The van der Waals surface area contributed by atoms with Crippen LogP contribution >= 0.6 is 0 Å². The average Bonchev–Trinajstić information content (AvgIpc) is 2.81. The lowest BCUT2D eigenvalue weighted by Crippen LogP contribution is -2.34. The number of alkyl carbamates (subject to hydrolysis) is 1. The van der Waals surface area contributed by atoms with Crippen LogP contribution in [0, 0.1) is 0 Å². The molecule has 0 aliphatic heterocycles. The molecule has 9 heteroatoms. The number of aryl methyl sites for hydroxylation is 1. The van der Waals surface area contributed by atoms with Crippen molar-refractivity contribution in [3.05, 3.63) is 53.6 Å². The molecule has 0 fully saturated rings. The van der Waals surface area contributed by atoms with E-state index in [2.05, 4.69) is 16.0 Å². The Morgan fingerprint density at radius 1 is 0.889 bits per heavy atom. The first-order valence-corrected chi connectivity index (χ1v) is 12.0. The molecule has 0 saturated carbocycles. The monoisotopic (exact) mass is 499 g/mol. The van der Waals surface area contributed by atoms with Crippen molar-refractivity contribution < 1.29 is 28.6 Å². The average molecular weight is 500 g/mol. The summed E-state index contributed by atoms with van der Waals surface area (Å²) in [4.78, 5) is 36.2. The van der Waals surface area contributed by atoms with E-state index in [1.807, 2.05) is 37.3 Å². The summed E-state index contributed by atoms with van der Waals surface area (Å²) in [5, 5.41) is 8.26. The van der Waals surface area contributed by atoms with Crippen LogP contribution in [0.4, 0.5) is 10.5 Å². The van der Waals surface area contributed by atoms with Gasteiger partial charge in [0, 0.05) is 31.6 Å². The largest absolute Gasteiger partial charge is 0.493 e. The normalized spacial score (nSPS) is 10.8. The first-order valence-electron chi connectivity index (χ1n) is 12.0. The van der Waals surface area contributed by atoms with Crippen molar-refractivity contribution in [1.29, 1.82) is 0 Å².